The van der Waals surface area contributed by atoms with Crippen molar-refractivity contribution in [3.05, 3.63) is 124 Å². The van der Waals surface area contributed by atoms with E-state index in [0.29, 0.717) is 52.6 Å². The van der Waals surface area contributed by atoms with E-state index in [1.54, 1.807) is 69.7 Å². The standard InChI is InChI=1S/C31H34BrN3O7.C26H26BrN3O5.2ClH/c1-7-31(41-24(36)13-30(5,6)16-33-28(39)42-29(2,3)4)20-12-23-25-17(11-18-21(32)9-8-10-22(18)34-25)14-35(23)26(37)19(20)15-40-27(31)38;1-4-26(35-21(31)10-25(2,3)13-28)17-9-20-22-14(8-15-18(27)6-5-7-19(15)29-22)11-30(20)23(32)16(17)12-34-24(26)33;;/h8-12H,7,13-16H2,1-6H3,(H,33,39);5-9H,4,10-13,28H2,1-3H3;2*1H/t31-;26-;;/m00../s1. The Morgan fingerprint density at radius 2 is 1.09 bits per heavy atom. The average molecular weight is 1250 g/mol. The van der Waals surface area contributed by atoms with E-state index >= 15 is 0 Å². The van der Waals surface area contributed by atoms with Gasteiger partial charge >= 0.3 is 30.0 Å². The minimum Gasteiger partial charge on any atom is -0.457 e. The second kappa shape index (κ2) is 22.4. The predicted octanol–water partition coefficient (Wildman–Crippen LogP) is 9.95. The van der Waals surface area contributed by atoms with Crippen molar-refractivity contribution in [2.45, 2.75) is 131 Å². The first-order valence-corrected chi connectivity index (χ1v) is 27.0. The molecule has 420 valence electrons. The van der Waals surface area contributed by atoms with Crippen LogP contribution >= 0.6 is 56.7 Å². The number of nitrogens with two attached hydrogens (primary N) is 1. The van der Waals surface area contributed by atoms with Gasteiger partial charge in [-0.3, -0.25) is 19.2 Å². The van der Waals surface area contributed by atoms with Crippen molar-refractivity contribution < 1.29 is 47.7 Å². The third kappa shape index (κ3) is 11.3. The molecule has 4 aliphatic heterocycles. The number of pyridine rings is 4. The average Bonchev–Trinajstić information content (AvgIpc) is 4.19. The van der Waals surface area contributed by atoms with Gasteiger partial charge in [0.25, 0.3) is 11.1 Å². The molecule has 6 aromatic rings. The number of alkyl carbamates (subject to hydrolysis) is 1. The molecule has 79 heavy (non-hydrogen) atoms. The van der Waals surface area contributed by atoms with Gasteiger partial charge in [0.1, 0.15) is 18.8 Å². The molecule has 10 rings (SSSR count). The fourth-order valence-corrected chi connectivity index (χ4v) is 11.2. The number of cyclic esters (lactones) is 2. The summed E-state index contributed by atoms with van der Waals surface area (Å²) in [5.41, 5.74) is 6.89. The molecule has 0 aliphatic carbocycles. The number of nitrogens with one attached hydrogen (secondary N) is 1. The molecule has 0 bridgehead atoms. The molecule has 3 N–H and O–H groups in total. The number of aromatic nitrogens is 4. The fraction of sp³-hybridized carbons (Fsp3) is 0.421. The smallest absolute Gasteiger partial charge is 0.407 e. The number of hydrogen-bond donors (Lipinski definition) is 2. The molecule has 18 nitrogen and oxygen atoms in total. The molecule has 0 saturated heterocycles. The van der Waals surface area contributed by atoms with Crippen LogP contribution in [-0.2, 0) is 80.4 Å². The Labute approximate surface area is 484 Å². The van der Waals surface area contributed by atoms with Crippen LogP contribution in [0.4, 0.5) is 4.79 Å². The molecule has 8 heterocycles. The van der Waals surface area contributed by atoms with Crippen molar-refractivity contribution in [3.63, 3.8) is 0 Å². The van der Waals surface area contributed by atoms with E-state index in [0.717, 1.165) is 41.9 Å². The summed E-state index contributed by atoms with van der Waals surface area (Å²) < 4.78 is 33.0. The van der Waals surface area contributed by atoms with Gasteiger partial charge in [0.15, 0.2) is 0 Å². The minimum absolute atomic E-state index is 0. The first-order valence-electron chi connectivity index (χ1n) is 25.4. The highest BCUT2D eigenvalue weighted by Crippen LogP contribution is 2.44. The Hall–Kier alpha value is -6.19. The normalized spacial score (nSPS) is 17.6. The molecular weight excluding hydrogens is 1190 g/mol. The SMILES string of the molecule is CC[C@@]1(OC(=O)CC(C)(C)CN)C(=O)OCc2c1cc1n(c2=O)Cc2cc3c(Br)cccc3nc2-1.CC[C@@]1(OC(=O)CC(C)(C)CNC(=O)OC(C)(C)C)C(=O)OCc2c1cc1n(c2=O)Cc2cc3c(Br)cccc3nc2-1.Cl.Cl. The van der Waals surface area contributed by atoms with Crippen LogP contribution in [0.5, 0.6) is 0 Å². The van der Waals surface area contributed by atoms with Crippen LogP contribution in [0.1, 0.15) is 121 Å². The zero-order valence-electron chi connectivity index (χ0n) is 45.2. The number of fused-ring (bicyclic) bond motifs is 10. The van der Waals surface area contributed by atoms with Crippen LogP contribution in [0.2, 0.25) is 0 Å². The summed E-state index contributed by atoms with van der Waals surface area (Å²) in [4.78, 5) is 102. The van der Waals surface area contributed by atoms with E-state index in [1.807, 2.05) is 62.4 Å². The van der Waals surface area contributed by atoms with Crippen molar-refractivity contribution in [1.82, 2.24) is 24.4 Å². The summed E-state index contributed by atoms with van der Waals surface area (Å²) in [5, 5.41) is 4.57. The maximum Gasteiger partial charge on any atom is 0.407 e. The number of carbonyl (C=O) groups is 5. The number of rotatable bonds is 11. The number of nitrogens with zero attached hydrogens (tertiary/aromatic N) is 4. The minimum atomic E-state index is -1.79. The molecule has 4 aromatic heterocycles. The van der Waals surface area contributed by atoms with Gasteiger partial charge in [0.2, 0.25) is 11.2 Å². The molecule has 0 unspecified atom stereocenters. The number of benzene rings is 2. The maximum atomic E-state index is 13.7. The lowest BCUT2D eigenvalue weighted by molar-refractivity contribution is -0.190. The van der Waals surface area contributed by atoms with Gasteiger partial charge in [-0.25, -0.2) is 24.4 Å². The Bertz CT molecular complexity index is 3630. The van der Waals surface area contributed by atoms with E-state index in [1.165, 1.54) is 0 Å². The third-order valence-electron chi connectivity index (χ3n) is 14.4. The summed E-state index contributed by atoms with van der Waals surface area (Å²) in [6, 6.07) is 19.0. The molecule has 0 radical (unpaired) electrons. The summed E-state index contributed by atoms with van der Waals surface area (Å²) >= 11 is 7.14. The van der Waals surface area contributed by atoms with Gasteiger partial charge < -0.3 is 43.9 Å². The zero-order valence-corrected chi connectivity index (χ0v) is 50.0. The van der Waals surface area contributed by atoms with Gasteiger partial charge in [-0.15, -0.1) is 24.8 Å². The summed E-state index contributed by atoms with van der Waals surface area (Å²) in [6.45, 7) is 16.7. The molecule has 0 spiro atoms. The number of halogens is 4. The van der Waals surface area contributed by atoms with Gasteiger partial charge in [0.05, 0.1) is 70.9 Å². The van der Waals surface area contributed by atoms with Crippen LogP contribution in [0.25, 0.3) is 44.6 Å². The Kier molecular flexibility index (Phi) is 17.1. The highest BCUT2D eigenvalue weighted by Gasteiger charge is 2.52. The Morgan fingerprint density at radius 3 is 1.48 bits per heavy atom. The predicted molar refractivity (Wildman–Crippen MR) is 307 cm³/mol. The van der Waals surface area contributed by atoms with E-state index in [4.69, 9.17) is 39.4 Å². The van der Waals surface area contributed by atoms with E-state index in [9.17, 15) is 33.6 Å². The van der Waals surface area contributed by atoms with Crippen LogP contribution in [-0.4, -0.2) is 67.8 Å². The maximum absolute atomic E-state index is 13.7. The van der Waals surface area contributed by atoms with Crippen LogP contribution in [0, 0.1) is 10.8 Å². The van der Waals surface area contributed by atoms with E-state index in [2.05, 4.69) is 37.2 Å². The lowest BCUT2D eigenvalue weighted by Gasteiger charge is -2.36. The van der Waals surface area contributed by atoms with Gasteiger partial charge in [-0.05, 0) is 99.5 Å². The molecule has 2 aromatic carbocycles. The first kappa shape index (κ1) is 60.5. The topological polar surface area (TPSA) is 239 Å². The third-order valence-corrected chi connectivity index (χ3v) is 15.8. The van der Waals surface area contributed by atoms with Gasteiger partial charge in [-0.2, -0.15) is 0 Å². The number of carbonyl (C=O) groups excluding carboxylic acids is 5. The quantitative estimate of drug-likeness (QED) is 0.0905. The summed E-state index contributed by atoms with van der Waals surface area (Å²) in [5.74, 6) is -2.63. The monoisotopic (exact) mass is 1250 g/mol. The number of esters is 4. The molecular formula is C57H62Br2Cl2N6O12. The molecule has 22 heteroatoms. The van der Waals surface area contributed by atoms with Crippen LogP contribution in [0.15, 0.2) is 79.2 Å². The molecule has 4 aliphatic rings. The second-order valence-electron chi connectivity index (χ2n) is 22.4. The lowest BCUT2D eigenvalue weighted by atomic mass is 9.84. The molecule has 0 saturated carbocycles. The lowest BCUT2D eigenvalue weighted by Crippen LogP contribution is -2.48. The Morgan fingerprint density at radius 1 is 0.671 bits per heavy atom. The van der Waals surface area contributed by atoms with Crippen LogP contribution in [0.3, 0.4) is 0 Å². The van der Waals surface area contributed by atoms with Crippen molar-refractivity contribution in [2.75, 3.05) is 13.1 Å². The number of amides is 1. The summed E-state index contributed by atoms with van der Waals surface area (Å²) in [6.07, 6.45) is -0.482. The first-order chi connectivity index (χ1) is 36.2. The van der Waals surface area contributed by atoms with Crippen molar-refractivity contribution >= 4 is 108 Å². The van der Waals surface area contributed by atoms with Crippen molar-refractivity contribution in [3.8, 4) is 22.8 Å². The van der Waals surface area contributed by atoms with Gasteiger partial charge in [0, 0.05) is 48.5 Å². The second-order valence-corrected chi connectivity index (χ2v) is 24.1. The van der Waals surface area contributed by atoms with Crippen LogP contribution < -0.4 is 22.2 Å². The molecule has 2 atom stereocenters. The number of ether oxygens (including phenoxy) is 5. The molecule has 1 amide bonds. The number of hydrogen-bond acceptors (Lipinski definition) is 15. The highest BCUT2D eigenvalue weighted by atomic mass is 79.9. The zero-order chi connectivity index (χ0) is 55.7. The van der Waals surface area contributed by atoms with Gasteiger partial charge in [-0.1, -0.05) is 85.5 Å². The fourth-order valence-electron chi connectivity index (χ4n) is 10.2. The Balaban J connectivity index is 0.000000226. The molecule has 0 fully saturated rings. The largest absolute Gasteiger partial charge is 0.457 e. The van der Waals surface area contributed by atoms with Crippen molar-refractivity contribution in [2.24, 2.45) is 16.6 Å². The van der Waals surface area contributed by atoms with Crippen molar-refractivity contribution in [1.29, 1.82) is 0 Å². The van der Waals surface area contributed by atoms with E-state index in [-0.39, 0.29) is 93.5 Å². The van der Waals surface area contributed by atoms with E-state index < -0.39 is 57.6 Å². The summed E-state index contributed by atoms with van der Waals surface area (Å²) in [7, 11) is 0. The highest BCUT2D eigenvalue weighted by molar-refractivity contribution is 9.11.